The number of halogens is 1. The average Bonchev–Trinajstić information content (AvgIpc) is 2.60. The minimum Gasteiger partial charge on any atom is -0.497 e. The molecule has 0 spiro atoms. The Labute approximate surface area is 139 Å². The number of hydrogen-bond donors (Lipinski definition) is 0. The predicted molar refractivity (Wildman–Crippen MR) is 94.8 cm³/mol. The molecule has 0 saturated carbocycles. The van der Waals surface area contributed by atoms with Gasteiger partial charge in [0.25, 0.3) is 0 Å². The van der Waals surface area contributed by atoms with Gasteiger partial charge in [0.15, 0.2) is 0 Å². The van der Waals surface area contributed by atoms with Crippen LogP contribution in [0.4, 0.5) is 5.69 Å². The highest BCUT2D eigenvalue weighted by Gasteiger charge is 2.26. The molecule has 0 radical (unpaired) electrons. The number of alkyl halides is 1. The molecule has 1 aliphatic rings. The lowest BCUT2D eigenvalue weighted by Crippen LogP contribution is -2.36. The zero-order valence-electron chi connectivity index (χ0n) is 12.8. The van der Waals surface area contributed by atoms with E-state index >= 15 is 0 Å². The largest absolute Gasteiger partial charge is 0.497 e. The van der Waals surface area contributed by atoms with Gasteiger partial charge >= 0.3 is 0 Å². The van der Waals surface area contributed by atoms with Crippen molar-refractivity contribution in [1.82, 2.24) is 0 Å². The Hall–Kier alpha value is -2.26. The SMILES string of the molecule is COc1cc2c3c(c4ccccc4cc3c1)N(C(=O)CCl)CC2. The molecule has 0 N–H and O–H groups in total. The van der Waals surface area contributed by atoms with E-state index in [1.807, 2.05) is 23.1 Å². The van der Waals surface area contributed by atoms with E-state index < -0.39 is 0 Å². The first-order valence-corrected chi connectivity index (χ1v) is 8.15. The fourth-order valence-electron chi connectivity index (χ4n) is 3.50. The van der Waals surface area contributed by atoms with Crippen LogP contribution in [0.1, 0.15) is 5.56 Å². The first-order valence-electron chi connectivity index (χ1n) is 7.61. The van der Waals surface area contributed by atoms with Crippen LogP contribution in [0.3, 0.4) is 0 Å². The van der Waals surface area contributed by atoms with Gasteiger partial charge in [0.2, 0.25) is 5.91 Å². The Kier molecular flexibility index (Phi) is 3.38. The molecule has 116 valence electrons. The highest BCUT2D eigenvalue weighted by atomic mass is 35.5. The molecule has 3 nitrogen and oxygen atoms in total. The normalized spacial score (nSPS) is 13.6. The number of benzene rings is 3. The van der Waals surface area contributed by atoms with Crippen molar-refractivity contribution >= 4 is 44.7 Å². The summed E-state index contributed by atoms with van der Waals surface area (Å²) in [4.78, 5) is 14.2. The first-order chi connectivity index (χ1) is 11.2. The molecule has 0 aromatic heterocycles. The molecule has 0 saturated heterocycles. The third-order valence-electron chi connectivity index (χ3n) is 4.51. The first kappa shape index (κ1) is 14.3. The van der Waals surface area contributed by atoms with Crippen molar-refractivity contribution in [2.75, 3.05) is 24.4 Å². The Morgan fingerprint density at radius 3 is 2.83 bits per heavy atom. The predicted octanol–water partition coefficient (Wildman–Crippen LogP) is 4.13. The van der Waals surface area contributed by atoms with Crippen molar-refractivity contribution < 1.29 is 9.53 Å². The Morgan fingerprint density at radius 1 is 1.22 bits per heavy atom. The molecular formula is C19H16ClNO2. The smallest absolute Gasteiger partial charge is 0.241 e. The van der Waals surface area contributed by atoms with Gasteiger partial charge in [-0.3, -0.25) is 4.79 Å². The van der Waals surface area contributed by atoms with E-state index in [-0.39, 0.29) is 11.8 Å². The highest BCUT2D eigenvalue weighted by molar-refractivity contribution is 6.31. The van der Waals surface area contributed by atoms with E-state index in [2.05, 4.69) is 24.3 Å². The number of rotatable bonds is 2. The van der Waals surface area contributed by atoms with Crippen LogP contribution < -0.4 is 9.64 Å². The fraction of sp³-hybridized carbons (Fsp3) is 0.211. The molecule has 23 heavy (non-hydrogen) atoms. The quantitative estimate of drug-likeness (QED) is 0.524. The molecule has 4 heteroatoms. The van der Waals surface area contributed by atoms with Crippen LogP contribution >= 0.6 is 11.6 Å². The Bertz CT molecular complexity index is 935. The van der Waals surface area contributed by atoms with Crippen LogP contribution in [-0.4, -0.2) is 25.4 Å². The van der Waals surface area contributed by atoms with E-state index in [0.717, 1.165) is 39.4 Å². The molecule has 1 heterocycles. The topological polar surface area (TPSA) is 29.5 Å². The minimum atomic E-state index is -0.0502. The molecule has 0 unspecified atom stereocenters. The van der Waals surface area contributed by atoms with Gasteiger partial charge in [0.1, 0.15) is 11.6 Å². The van der Waals surface area contributed by atoms with Crippen molar-refractivity contribution in [1.29, 1.82) is 0 Å². The van der Waals surface area contributed by atoms with Gasteiger partial charge in [-0.2, -0.15) is 0 Å². The van der Waals surface area contributed by atoms with Crippen LogP contribution in [-0.2, 0) is 11.2 Å². The second-order valence-corrected chi connectivity index (χ2v) is 6.03. The van der Waals surface area contributed by atoms with Crippen molar-refractivity contribution in [3.63, 3.8) is 0 Å². The lowest BCUT2D eigenvalue weighted by atomic mass is 9.92. The van der Waals surface area contributed by atoms with Gasteiger partial charge in [-0.05, 0) is 41.0 Å². The van der Waals surface area contributed by atoms with Crippen LogP contribution in [0.5, 0.6) is 5.75 Å². The number of fused-ring (bicyclic) bond motifs is 2. The summed E-state index contributed by atoms with van der Waals surface area (Å²) < 4.78 is 5.43. The molecular weight excluding hydrogens is 310 g/mol. The summed E-state index contributed by atoms with van der Waals surface area (Å²) in [5.74, 6) is 0.799. The van der Waals surface area contributed by atoms with Gasteiger partial charge in [0.05, 0.1) is 12.8 Å². The van der Waals surface area contributed by atoms with E-state index in [9.17, 15) is 4.79 Å². The summed E-state index contributed by atoms with van der Waals surface area (Å²) in [7, 11) is 1.68. The summed E-state index contributed by atoms with van der Waals surface area (Å²) >= 11 is 5.83. The van der Waals surface area contributed by atoms with Gasteiger partial charge in [-0.15, -0.1) is 11.6 Å². The van der Waals surface area contributed by atoms with Crippen molar-refractivity contribution in [3.05, 3.63) is 48.0 Å². The van der Waals surface area contributed by atoms with Crippen molar-refractivity contribution in [3.8, 4) is 5.75 Å². The summed E-state index contributed by atoms with van der Waals surface area (Å²) in [5.41, 5.74) is 2.20. The van der Waals surface area contributed by atoms with Crippen molar-refractivity contribution in [2.24, 2.45) is 0 Å². The number of ether oxygens (including phenoxy) is 1. The molecule has 0 aliphatic carbocycles. The monoisotopic (exact) mass is 325 g/mol. The van der Waals surface area contributed by atoms with Gasteiger partial charge < -0.3 is 9.64 Å². The Morgan fingerprint density at radius 2 is 2.04 bits per heavy atom. The number of amides is 1. The lowest BCUT2D eigenvalue weighted by Gasteiger charge is -2.31. The summed E-state index contributed by atoms with van der Waals surface area (Å²) in [5, 5.41) is 4.43. The minimum absolute atomic E-state index is 0.00377. The van der Waals surface area contributed by atoms with Crippen LogP contribution in [0.15, 0.2) is 42.5 Å². The second kappa shape index (κ2) is 5.43. The molecule has 1 aliphatic heterocycles. The van der Waals surface area contributed by atoms with E-state index in [4.69, 9.17) is 16.3 Å². The van der Waals surface area contributed by atoms with E-state index in [1.165, 1.54) is 5.56 Å². The highest BCUT2D eigenvalue weighted by Crippen LogP contribution is 2.42. The molecule has 1 amide bonds. The number of carbonyl (C=O) groups is 1. The zero-order chi connectivity index (χ0) is 16.0. The maximum Gasteiger partial charge on any atom is 0.241 e. The molecule has 4 rings (SSSR count). The molecule has 0 bridgehead atoms. The third-order valence-corrected chi connectivity index (χ3v) is 4.74. The molecule has 0 fully saturated rings. The van der Waals surface area contributed by atoms with E-state index in [1.54, 1.807) is 7.11 Å². The van der Waals surface area contributed by atoms with Gasteiger partial charge in [0, 0.05) is 17.3 Å². The summed E-state index contributed by atoms with van der Waals surface area (Å²) in [6.45, 7) is 0.648. The molecule has 3 aromatic rings. The molecule has 3 aromatic carbocycles. The number of anilines is 1. The maximum absolute atomic E-state index is 12.4. The molecule has 0 atom stereocenters. The standard InChI is InChI=1S/C19H16ClNO2/c1-23-15-9-13-6-7-21(17(22)11-20)19-16-5-3-2-4-12(16)8-14(10-15)18(13)19/h2-5,8-10H,6-7,11H2,1H3. The number of hydrogen-bond acceptors (Lipinski definition) is 2. The van der Waals surface area contributed by atoms with Gasteiger partial charge in [-0.25, -0.2) is 0 Å². The second-order valence-electron chi connectivity index (χ2n) is 5.76. The maximum atomic E-state index is 12.4. The Balaban J connectivity index is 2.15. The number of nitrogens with zero attached hydrogens (tertiary/aromatic N) is 1. The van der Waals surface area contributed by atoms with Crippen LogP contribution in [0.25, 0.3) is 21.5 Å². The summed E-state index contributed by atoms with van der Waals surface area (Å²) in [6, 6.07) is 14.4. The van der Waals surface area contributed by atoms with E-state index in [0.29, 0.717) is 6.54 Å². The number of carbonyl (C=O) groups excluding carboxylic acids is 1. The van der Waals surface area contributed by atoms with Gasteiger partial charge in [-0.1, -0.05) is 24.3 Å². The lowest BCUT2D eigenvalue weighted by molar-refractivity contribution is -0.116. The van der Waals surface area contributed by atoms with Crippen molar-refractivity contribution in [2.45, 2.75) is 6.42 Å². The van der Waals surface area contributed by atoms with Crippen LogP contribution in [0, 0.1) is 0 Å². The average molecular weight is 326 g/mol. The third kappa shape index (κ3) is 2.15. The summed E-state index contributed by atoms with van der Waals surface area (Å²) in [6.07, 6.45) is 0.807. The number of methoxy groups -OCH3 is 1. The fourth-order valence-corrected chi connectivity index (χ4v) is 3.64. The zero-order valence-corrected chi connectivity index (χ0v) is 13.6. The van der Waals surface area contributed by atoms with Crippen LogP contribution in [0.2, 0.25) is 0 Å².